The number of carbonyl (C=O) groups excluding carboxylic acids is 1. The number of aromatic carboxylic acids is 1. The largest absolute Gasteiger partial charge is 0.478 e. The first-order valence-electron chi connectivity index (χ1n) is 7.26. The first kappa shape index (κ1) is 15.5. The maximum atomic E-state index is 12.2. The van der Waals surface area contributed by atoms with Gasteiger partial charge in [0.25, 0.3) is 5.91 Å². The van der Waals surface area contributed by atoms with Crippen LogP contribution in [0.15, 0.2) is 24.3 Å². The average molecular weight is 291 g/mol. The standard InChI is InChI=1S/C16H21NO4/c1-2-21-11-16(8-5-9-16)10-17-14(18)12-6-3-4-7-13(12)15(19)20/h3-4,6-7H,2,5,8-11H2,1H3,(H,17,18)(H,19,20). The van der Waals surface area contributed by atoms with Crippen LogP contribution in [0, 0.1) is 5.41 Å². The highest BCUT2D eigenvalue weighted by molar-refractivity contribution is 6.04. The van der Waals surface area contributed by atoms with E-state index in [9.17, 15) is 9.59 Å². The zero-order chi connectivity index (χ0) is 15.3. The van der Waals surface area contributed by atoms with Crippen LogP contribution in [0.2, 0.25) is 0 Å². The molecule has 0 aromatic heterocycles. The number of carboxylic acid groups (broad SMARTS) is 1. The van der Waals surface area contributed by atoms with Crippen molar-refractivity contribution < 1.29 is 19.4 Å². The number of carboxylic acids is 1. The van der Waals surface area contributed by atoms with Crippen molar-refractivity contribution in [3.05, 3.63) is 35.4 Å². The minimum atomic E-state index is -1.09. The molecular weight excluding hydrogens is 270 g/mol. The number of ether oxygens (including phenoxy) is 1. The van der Waals surface area contributed by atoms with Gasteiger partial charge in [0.2, 0.25) is 0 Å². The molecule has 1 aromatic carbocycles. The van der Waals surface area contributed by atoms with Gasteiger partial charge in [-0.2, -0.15) is 0 Å². The molecule has 1 amide bonds. The second kappa shape index (κ2) is 6.72. The Labute approximate surface area is 124 Å². The van der Waals surface area contributed by atoms with Gasteiger partial charge in [-0.25, -0.2) is 4.79 Å². The van der Waals surface area contributed by atoms with Crippen LogP contribution in [-0.2, 0) is 4.74 Å². The second-order valence-electron chi connectivity index (χ2n) is 5.52. The Balaban J connectivity index is 2.00. The smallest absolute Gasteiger partial charge is 0.336 e. The molecule has 5 nitrogen and oxygen atoms in total. The number of hydrogen-bond acceptors (Lipinski definition) is 3. The summed E-state index contributed by atoms with van der Waals surface area (Å²) in [7, 11) is 0. The molecule has 0 atom stereocenters. The summed E-state index contributed by atoms with van der Waals surface area (Å²) in [5, 5.41) is 12.0. The summed E-state index contributed by atoms with van der Waals surface area (Å²) in [6, 6.07) is 6.26. The fourth-order valence-electron chi connectivity index (χ4n) is 2.60. The third-order valence-electron chi connectivity index (χ3n) is 4.05. The van der Waals surface area contributed by atoms with Gasteiger partial charge in [-0.3, -0.25) is 4.79 Å². The van der Waals surface area contributed by atoms with E-state index >= 15 is 0 Å². The minimum Gasteiger partial charge on any atom is -0.478 e. The summed E-state index contributed by atoms with van der Waals surface area (Å²) in [5.74, 6) is -1.43. The van der Waals surface area contributed by atoms with Gasteiger partial charge in [-0.15, -0.1) is 0 Å². The highest BCUT2D eigenvalue weighted by atomic mass is 16.5. The Hall–Kier alpha value is -1.88. The van der Waals surface area contributed by atoms with E-state index in [1.54, 1.807) is 12.1 Å². The van der Waals surface area contributed by atoms with Crippen LogP contribution in [0.4, 0.5) is 0 Å². The van der Waals surface area contributed by atoms with E-state index in [2.05, 4.69) is 5.32 Å². The van der Waals surface area contributed by atoms with Crippen LogP contribution < -0.4 is 5.32 Å². The summed E-state index contributed by atoms with van der Waals surface area (Å²) in [6.45, 7) is 3.79. The zero-order valence-corrected chi connectivity index (χ0v) is 12.2. The van der Waals surface area contributed by atoms with E-state index in [-0.39, 0.29) is 22.4 Å². The Morgan fingerprint density at radius 3 is 2.48 bits per heavy atom. The van der Waals surface area contributed by atoms with Gasteiger partial charge < -0.3 is 15.2 Å². The first-order valence-corrected chi connectivity index (χ1v) is 7.26. The Kier molecular flexibility index (Phi) is 4.96. The van der Waals surface area contributed by atoms with Crippen LogP contribution in [0.3, 0.4) is 0 Å². The van der Waals surface area contributed by atoms with Crippen molar-refractivity contribution in [1.82, 2.24) is 5.32 Å². The van der Waals surface area contributed by atoms with Crippen molar-refractivity contribution in [3.63, 3.8) is 0 Å². The molecule has 0 radical (unpaired) electrons. The van der Waals surface area contributed by atoms with Crippen LogP contribution >= 0.6 is 0 Å². The Bertz CT molecular complexity index is 523. The molecule has 0 unspecified atom stereocenters. The maximum absolute atomic E-state index is 12.2. The molecule has 1 aliphatic rings. The fraction of sp³-hybridized carbons (Fsp3) is 0.500. The van der Waals surface area contributed by atoms with Crippen molar-refractivity contribution in [1.29, 1.82) is 0 Å². The lowest BCUT2D eigenvalue weighted by Crippen LogP contribution is -2.45. The highest BCUT2D eigenvalue weighted by Gasteiger charge is 2.37. The summed E-state index contributed by atoms with van der Waals surface area (Å²) in [5.41, 5.74) is 0.252. The lowest BCUT2D eigenvalue weighted by atomic mass is 9.69. The minimum absolute atomic E-state index is 0.0177. The van der Waals surface area contributed by atoms with Crippen LogP contribution in [-0.4, -0.2) is 36.7 Å². The van der Waals surface area contributed by atoms with Crippen molar-refractivity contribution in [2.45, 2.75) is 26.2 Å². The van der Waals surface area contributed by atoms with E-state index in [1.807, 2.05) is 6.92 Å². The number of hydrogen-bond donors (Lipinski definition) is 2. The molecule has 2 rings (SSSR count). The number of rotatable bonds is 7. The predicted molar refractivity (Wildman–Crippen MR) is 78.5 cm³/mol. The van der Waals surface area contributed by atoms with E-state index in [0.29, 0.717) is 19.8 Å². The molecule has 0 bridgehead atoms. The van der Waals surface area contributed by atoms with Gasteiger partial charge in [-0.05, 0) is 31.9 Å². The molecule has 0 aliphatic heterocycles. The molecule has 2 N–H and O–H groups in total. The number of benzene rings is 1. The molecule has 1 aliphatic carbocycles. The molecule has 1 aromatic rings. The fourth-order valence-corrected chi connectivity index (χ4v) is 2.60. The van der Waals surface area contributed by atoms with Crippen molar-refractivity contribution >= 4 is 11.9 Å². The summed E-state index contributed by atoms with van der Waals surface area (Å²) < 4.78 is 5.50. The zero-order valence-electron chi connectivity index (χ0n) is 12.2. The number of nitrogens with one attached hydrogen (secondary N) is 1. The summed E-state index contributed by atoms with van der Waals surface area (Å²) in [4.78, 5) is 23.4. The maximum Gasteiger partial charge on any atom is 0.336 e. The van der Waals surface area contributed by atoms with Gasteiger partial charge in [0.05, 0.1) is 17.7 Å². The molecule has 1 fully saturated rings. The average Bonchev–Trinajstić information content (AvgIpc) is 2.45. The second-order valence-corrected chi connectivity index (χ2v) is 5.52. The van der Waals surface area contributed by atoms with Crippen LogP contribution in [0.5, 0.6) is 0 Å². The van der Waals surface area contributed by atoms with E-state index in [4.69, 9.17) is 9.84 Å². The van der Waals surface area contributed by atoms with Gasteiger partial charge >= 0.3 is 5.97 Å². The molecule has 114 valence electrons. The molecular formula is C16H21NO4. The third-order valence-corrected chi connectivity index (χ3v) is 4.05. The normalized spacial score (nSPS) is 16.0. The lowest BCUT2D eigenvalue weighted by molar-refractivity contribution is -0.000197. The summed E-state index contributed by atoms with van der Waals surface area (Å²) in [6.07, 6.45) is 3.22. The topological polar surface area (TPSA) is 75.6 Å². The summed E-state index contributed by atoms with van der Waals surface area (Å²) >= 11 is 0. The van der Waals surface area contributed by atoms with Gasteiger partial charge in [-0.1, -0.05) is 18.6 Å². The molecule has 21 heavy (non-hydrogen) atoms. The molecule has 1 saturated carbocycles. The van der Waals surface area contributed by atoms with Crippen molar-refractivity contribution in [2.75, 3.05) is 19.8 Å². The molecule has 0 spiro atoms. The van der Waals surface area contributed by atoms with Crippen molar-refractivity contribution in [2.24, 2.45) is 5.41 Å². The Morgan fingerprint density at radius 2 is 1.95 bits per heavy atom. The number of carbonyl (C=O) groups is 2. The van der Waals surface area contributed by atoms with E-state index < -0.39 is 5.97 Å². The molecule has 0 heterocycles. The lowest BCUT2D eigenvalue weighted by Gasteiger charge is -2.41. The molecule has 5 heteroatoms. The monoisotopic (exact) mass is 291 g/mol. The van der Waals surface area contributed by atoms with E-state index in [0.717, 1.165) is 19.3 Å². The highest BCUT2D eigenvalue weighted by Crippen LogP contribution is 2.40. The third kappa shape index (κ3) is 3.61. The van der Waals surface area contributed by atoms with Crippen LogP contribution in [0.1, 0.15) is 46.9 Å². The van der Waals surface area contributed by atoms with E-state index in [1.165, 1.54) is 12.1 Å². The van der Waals surface area contributed by atoms with Gasteiger partial charge in [0, 0.05) is 18.6 Å². The predicted octanol–water partition coefficient (Wildman–Crippen LogP) is 2.32. The van der Waals surface area contributed by atoms with Gasteiger partial charge in [0.1, 0.15) is 0 Å². The van der Waals surface area contributed by atoms with Crippen molar-refractivity contribution in [3.8, 4) is 0 Å². The van der Waals surface area contributed by atoms with Crippen LogP contribution in [0.25, 0.3) is 0 Å². The Morgan fingerprint density at radius 1 is 1.29 bits per heavy atom. The quantitative estimate of drug-likeness (QED) is 0.808. The van der Waals surface area contributed by atoms with Gasteiger partial charge in [0.15, 0.2) is 0 Å². The molecule has 0 saturated heterocycles. The SMILES string of the molecule is CCOCC1(CNC(=O)c2ccccc2C(=O)O)CCC1. The number of amides is 1. The first-order chi connectivity index (χ1) is 10.1.